The molecule has 0 bridgehead atoms. The van der Waals surface area contributed by atoms with Gasteiger partial charge in [-0.1, -0.05) is 29.8 Å². The van der Waals surface area contributed by atoms with Gasteiger partial charge >= 0.3 is 5.97 Å². The van der Waals surface area contributed by atoms with E-state index in [9.17, 15) is 9.59 Å². The second kappa shape index (κ2) is 8.14. The highest BCUT2D eigenvalue weighted by Gasteiger charge is 2.19. The van der Waals surface area contributed by atoms with Crippen LogP contribution in [0.25, 0.3) is 0 Å². The molecule has 0 fully saturated rings. The van der Waals surface area contributed by atoms with Gasteiger partial charge in [0.05, 0.1) is 12.2 Å². The molecule has 0 saturated carbocycles. The van der Waals surface area contributed by atoms with Crippen molar-refractivity contribution in [2.45, 2.75) is 13.8 Å². The average Bonchev–Trinajstić information content (AvgIpc) is 2.41. The lowest BCUT2D eigenvalue weighted by molar-refractivity contribution is 0.0672. The van der Waals surface area contributed by atoms with Gasteiger partial charge in [-0.15, -0.1) is 0 Å². The SMILES string of the molecule is COCCN(CC(C)C)C(=O)c1cc(Br)cc(C(=O)O)c1. The summed E-state index contributed by atoms with van der Waals surface area (Å²) in [5.74, 6) is -0.931. The summed E-state index contributed by atoms with van der Waals surface area (Å²) >= 11 is 3.24. The maximum atomic E-state index is 12.6. The third-order valence-corrected chi connectivity index (χ3v) is 3.29. The fraction of sp³-hybridized carbons (Fsp3) is 0.467. The van der Waals surface area contributed by atoms with Crippen molar-refractivity contribution >= 4 is 27.8 Å². The number of ether oxygens (including phenoxy) is 1. The smallest absolute Gasteiger partial charge is 0.335 e. The summed E-state index contributed by atoms with van der Waals surface area (Å²) in [6.07, 6.45) is 0. The number of carbonyl (C=O) groups is 2. The van der Waals surface area contributed by atoms with E-state index in [2.05, 4.69) is 15.9 Å². The number of carboxylic acids is 1. The average molecular weight is 358 g/mol. The number of hydrogen-bond acceptors (Lipinski definition) is 3. The lowest BCUT2D eigenvalue weighted by Crippen LogP contribution is -2.36. The van der Waals surface area contributed by atoms with E-state index >= 15 is 0 Å². The summed E-state index contributed by atoms with van der Waals surface area (Å²) in [5.41, 5.74) is 0.447. The summed E-state index contributed by atoms with van der Waals surface area (Å²) in [7, 11) is 1.58. The number of nitrogens with zero attached hydrogens (tertiary/aromatic N) is 1. The normalized spacial score (nSPS) is 10.7. The van der Waals surface area contributed by atoms with Crippen LogP contribution in [-0.4, -0.2) is 48.7 Å². The first-order valence-electron chi connectivity index (χ1n) is 6.67. The zero-order valence-corrected chi connectivity index (χ0v) is 14.0. The largest absolute Gasteiger partial charge is 0.478 e. The van der Waals surface area contributed by atoms with E-state index in [1.165, 1.54) is 12.1 Å². The molecule has 0 atom stereocenters. The highest BCUT2D eigenvalue weighted by molar-refractivity contribution is 9.10. The van der Waals surface area contributed by atoms with Crippen LogP contribution in [0.4, 0.5) is 0 Å². The Hall–Kier alpha value is -1.40. The molecule has 0 unspecified atom stereocenters. The van der Waals surface area contributed by atoms with Gasteiger partial charge in [0.25, 0.3) is 5.91 Å². The Balaban J connectivity index is 3.04. The summed E-state index contributed by atoms with van der Waals surface area (Å²) in [6.45, 7) is 5.56. The molecule has 1 amide bonds. The van der Waals surface area contributed by atoms with Gasteiger partial charge in [0.2, 0.25) is 0 Å². The predicted octanol–water partition coefficient (Wildman–Crippen LogP) is 2.89. The van der Waals surface area contributed by atoms with E-state index in [4.69, 9.17) is 9.84 Å². The van der Waals surface area contributed by atoms with E-state index in [0.29, 0.717) is 35.7 Å². The second-order valence-corrected chi connectivity index (χ2v) is 6.09. The van der Waals surface area contributed by atoms with Crippen molar-refractivity contribution in [3.05, 3.63) is 33.8 Å². The van der Waals surface area contributed by atoms with Crippen molar-refractivity contribution in [2.24, 2.45) is 5.92 Å². The predicted molar refractivity (Wildman–Crippen MR) is 83.7 cm³/mol. The molecule has 0 aromatic heterocycles. The molecular formula is C15H20BrNO4. The standard InChI is InChI=1S/C15H20BrNO4/c1-10(2)9-17(4-5-21-3)14(18)11-6-12(15(19)20)8-13(16)7-11/h6-8,10H,4-5,9H2,1-3H3,(H,19,20). The number of hydrogen-bond donors (Lipinski definition) is 1. The van der Waals surface area contributed by atoms with Crippen molar-refractivity contribution in [2.75, 3.05) is 26.8 Å². The van der Waals surface area contributed by atoms with Crippen LogP contribution in [0.1, 0.15) is 34.6 Å². The topological polar surface area (TPSA) is 66.8 Å². The molecule has 0 saturated heterocycles. The molecule has 5 nitrogen and oxygen atoms in total. The number of rotatable bonds is 7. The molecular weight excluding hydrogens is 338 g/mol. The van der Waals surface area contributed by atoms with Crippen LogP contribution >= 0.6 is 15.9 Å². The lowest BCUT2D eigenvalue weighted by atomic mass is 10.1. The Labute approximate surface area is 133 Å². The molecule has 1 aromatic rings. The molecule has 0 radical (unpaired) electrons. The third kappa shape index (κ3) is 5.47. The molecule has 0 aliphatic rings. The van der Waals surface area contributed by atoms with Crippen LogP contribution in [-0.2, 0) is 4.74 Å². The van der Waals surface area contributed by atoms with Crippen molar-refractivity contribution in [1.29, 1.82) is 0 Å². The number of amides is 1. The Bertz CT molecular complexity index is 516. The number of methoxy groups -OCH3 is 1. The van der Waals surface area contributed by atoms with E-state index in [1.54, 1.807) is 18.1 Å². The fourth-order valence-electron chi connectivity index (χ4n) is 1.94. The summed E-state index contributed by atoms with van der Waals surface area (Å²) in [4.78, 5) is 25.3. The van der Waals surface area contributed by atoms with Gasteiger partial charge in [0.15, 0.2) is 0 Å². The minimum atomic E-state index is -1.06. The molecule has 1 aromatic carbocycles. The van der Waals surface area contributed by atoms with Crippen molar-refractivity contribution in [1.82, 2.24) is 4.90 Å². The Morgan fingerprint density at radius 2 is 1.90 bits per heavy atom. The maximum absolute atomic E-state index is 12.6. The van der Waals surface area contributed by atoms with Crippen LogP contribution < -0.4 is 0 Å². The van der Waals surface area contributed by atoms with Gasteiger partial charge in [-0.2, -0.15) is 0 Å². The Morgan fingerprint density at radius 1 is 1.29 bits per heavy atom. The number of benzene rings is 1. The molecule has 21 heavy (non-hydrogen) atoms. The highest BCUT2D eigenvalue weighted by Crippen LogP contribution is 2.18. The minimum Gasteiger partial charge on any atom is -0.478 e. The first-order chi connectivity index (χ1) is 9.85. The summed E-state index contributed by atoms with van der Waals surface area (Å²) in [5, 5.41) is 9.08. The molecule has 116 valence electrons. The van der Waals surface area contributed by atoms with Crippen LogP contribution in [0.2, 0.25) is 0 Å². The number of aromatic carboxylic acids is 1. The lowest BCUT2D eigenvalue weighted by Gasteiger charge is -2.24. The molecule has 1 rings (SSSR count). The first kappa shape index (κ1) is 17.7. The second-order valence-electron chi connectivity index (χ2n) is 5.17. The monoisotopic (exact) mass is 357 g/mol. The summed E-state index contributed by atoms with van der Waals surface area (Å²) < 4.78 is 5.60. The molecule has 0 spiro atoms. The van der Waals surface area contributed by atoms with Gasteiger partial charge in [-0.25, -0.2) is 4.79 Å². The van der Waals surface area contributed by atoms with Crippen LogP contribution in [0.15, 0.2) is 22.7 Å². The fourth-order valence-corrected chi connectivity index (χ4v) is 2.43. The van der Waals surface area contributed by atoms with E-state index in [0.717, 1.165) is 0 Å². The third-order valence-electron chi connectivity index (χ3n) is 2.83. The van der Waals surface area contributed by atoms with Gasteiger partial charge in [-0.3, -0.25) is 4.79 Å². The van der Waals surface area contributed by atoms with E-state index < -0.39 is 5.97 Å². The molecule has 1 N–H and O–H groups in total. The van der Waals surface area contributed by atoms with Crippen molar-refractivity contribution in [3.8, 4) is 0 Å². The Kier molecular flexibility index (Phi) is 6.84. The number of halogens is 1. The van der Waals surface area contributed by atoms with Gasteiger partial charge < -0.3 is 14.7 Å². The van der Waals surface area contributed by atoms with Gasteiger partial charge in [0.1, 0.15) is 0 Å². The van der Waals surface area contributed by atoms with Crippen LogP contribution in [0.3, 0.4) is 0 Å². The van der Waals surface area contributed by atoms with Crippen LogP contribution in [0.5, 0.6) is 0 Å². The minimum absolute atomic E-state index is 0.0870. The van der Waals surface area contributed by atoms with Gasteiger partial charge in [-0.05, 0) is 24.1 Å². The highest BCUT2D eigenvalue weighted by atomic mass is 79.9. The molecule has 0 aliphatic heterocycles. The quantitative estimate of drug-likeness (QED) is 0.814. The van der Waals surface area contributed by atoms with Crippen molar-refractivity contribution < 1.29 is 19.4 Å². The van der Waals surface area contributed by atoms with E-state index in [1.807, 2.05) is 13.8 Å². The molecule has 6 heteroatoms. The van der Waals surface area contributed by atoms with Crippen molar-refractivity contribution in [3.63, 3.8) is 0 Å². The zero-order valence-electron chi connectivity index (χ0n) is 12.4. The van der Waals surface area contributed by atoms with Gasteiger partial charge in [0, 0.05) is 30.2 Å². The number of carboxylic acid groups (broad SMARTS) is 1. The van der Waals surface area contributed by atoms with Crippen LogP contribution in [0, 0.1) is 5.92 Å². The van der Waals surface area contributed by atoms with E-state index in [-0.39, 0.29) is 11.5 Å². The molecule has 0 aliphatic carbocycles. The maximum Gasteiger partial charge on any atom is 0.335 e. The number of carbonyl (C=O) groups excluding carboxylic acids is 1. The first-order valence-corrected chi connectivity index (χ1v) is 7.46. The Morgan fingerprint density at radius 3 is 2.43 bits per heavy atom. The summed E-state index contributed by atoms with van der Waals surface area (Å²) in [6, 6.07) is 4.51. The zero-order chi connectivity index (χ0) is 16.0. The molecule has 0 heterocycles.